The first-order chi connectivity index (χ1) is 9.47. The molecular formula is C18H36N2. The second kappa shape index (κ2) is 6.79. The first-order valence-electron chi connectivity index (χ1n) is 8.93. The van der Waals surface area contributed by atoms with Gasteiger partial charge in [0.15, 0.2) is 0 Å². The molecule has 20 heavy (non-hydrogen) atoms. The van der Waals surface area contributed by atoms with Crippen molar-refractivity contribution in [1.82, 2.24) is 10.2 Å². The minimum absolute atomic E-state index is 0.429. The summed E-state index contributed by atoms with van der Waals surface area (Å²) in [5.74, 6) is 0.915. The largest absolute Gasteiger partial charge is 0.316 e. The van der Waals surface area contributed by atoms with Gasteiger partial charge in [0.1, 0.15) is 0 Å². The van der Waals surface area contributed by atoms with Gasteiger partial charge in [0.25, 0.3) is 0 Å². The molecule has 0 aromatic carbocycles. The lowest BCUT2D eigenvalue weighted by Gasteiger charge is -2.46. The molecule has 1 saturated carbocycles. The normalized spacial score (nSPS) is 34.5. The van der Waals surface area contributed by atoms with Gasteiger partial charge in [-0.15, -0.1) is 0 Å². The molecule has 2 unspecified atom stereocenters. The Morgan fingerprint density at radius 1 is 1.20 bits per heavy atom. The van der Waals surface area contributed by atoms with Crippen molar-refractivity contribution in [2.45, 2.75) is 78.2 Å². The van der Waals surface area contributed by atoms with E-state index in [1.165, 1.54) is 71.1 Å². The highest BCUT2D eigenvalue weighted by molar-refractivity contribution is 4.96. The zero-order valence-electron chi connectivity index (χ0n) is 14.3. The zero-order chi connectivity index (χ0) is 14.6. The Morgan fingerprint density at radius 2 is 2.00 bits per heavy atom. The Morgan fingerprint density at radius 3 is 2.60 bits per heavy atom. The van der Waals surface area contributed by atoms with E-state index in [0.29, 0.717) is 11.0 Å². The Labute approximate surface area is 126 Å². The van der Waals surface area contributed by atoms with Gasteiger partial charge in [0.05, 0.1) is 0 Å². The zero-order valence-corrected chi connectivity index (χ0v) is 14.3. The second-order valence-electron chi connectivity index (χ2n) is 8.22. The first-order valence-corrected chi connectivity index (χ1v) is 8.93. The van der Waals surface area contributed by atoms with Crippen LogP contribution < -0.4 is 5.32 Å². The predicted molar refractivity (Wildman–Crippen MR) is 88.1 cm³/mol. The van der Waals surface area contributed by atoms with Gasteiger partial charge in [0, 0.05) is 18.6 Å². The van der Waals surface area contributed by atoms with Crippen molar-refractivity contribution in [3.63, 3.8) is 0 Å². The molecule has 0 amide bonds. The lowest BCUT2D eigenvalue weighted by Crippen LogP contribution is -2.50. The van der Waals surface area contributed by atoms with Crippen LogP contribution in [0.15, 0.2) is 0 Å². The van der Waals surface area contributed by atoms with Gasteiger partial charge < -0.3 is 5.32 Å². The van der Waals surface area contributed by atoms with E-state index in [0.717, 1.165) is 5.92 Å². The lowest BCUT2D eigenvalue weighted by atomic mass is 9.69. The molecule has 118 valence electrons. The fourth-order valence-corrected chi connectivity index (χ4v) is 4.52. The highest BCUT2D eigenvalue weighted by Gasteiger charge is 2.41. The number of hydrogen-bond donors (Lipinski definition) is 1. The van der Waals surface area contributed by atoms with E-state index in [2.05, 4.69) is 37.9 Å². The SMILES string of the molecule is CCCNCC1(CN2CCCC2(C)C)CCCC(C)C1. The molecule has 2 rings (SSSR count). The fourth-order valence-electron chi connectivity index (χ4n) is 4.52. The van der Waals surface area contributed by atoms with Crippen molar-refractivity contribution >= 4 is 0 Å². The molecule has 0 aromatic heterocycles. The van der Waals surface area contributed by atoms with E-state index in [1.807, 2.05) is 0 Å². The van der Waals surface area contributed by atoms with Crippen molar-refractivity contribution in [2.24, 2.45) is 11.3 Å². The molecule has 0 aromatic rings. The van der Waals surface area contributed by atoms with E-state index in [4.69, 9.17) is 0 Å². The van der Waals surface area contributed by atoms with Crippen LogP contribution in [0.25, 0.3) is 0 Å². The van der Waals surface area contributed by atoms with E-state index in [1.54, 1.807) is 0 Å². The molecule has 2 heteroatoms. The van der Waals surface area contributed by atoms with Crippen LogP contribution in [0, 0.1) is 11.3 Å². The van der Waals surface area contributed by atoms with Gasteiger partial charge in [-0.3, -0.25) is 4.90 Å². The molecule has 1 aliphatic heterocycles. The molecule has 2 atom stereocenters. The average Bonchev–Trinajstić information content (AvgIpc) is 2.69. The summed E-state index contributed by atoms with van der Waals surface area (Å²) in [6.07, 6.45) is 9.75. The third-order valence-corrected chi connectivity index (χ3v) is 5.71. The van der Waals surface area contributed by atoms with Crippen LogP contribution in [-0.2, 0) is 0 Å². The molecule has 0 spiro atoms. The van der Waals surface area contributed by atoms with E-state index >= 15 is 0 Å². The fraction of sp³-hybridized carbons (Fsp3) is 1.00. The molecule has 1 heterocycles. The minimum Gasteiger partial charge on any atom is -0.316 e. The highest BCUT2D eigenvalue weighted by Crippen LogP contribution is 2.42. The van der Waals surface area contributed by atoms with Gasteiger partial charge in [-0.2, -0.15) is 0 Å². The maximum Gasteiger partial charge on any atom is 0.0153 e. The standard InChI is InChI=1S/C18H36N2/c1-5-11-19-14-18(10-6-8-16(2)13-18)15-20-12-7-9-17(20,3)4/h16,19H,5-15H2,1-4H3. The third-order valence-electron chi connectivity index (χ3n) is 5.71. The smallest absolute Gasteiger partial charge is 0.0153 e. The summed E-state index contributed by atoms with van der Waals surface area (Å²) in [6.45, 7) is 14.7. The van der Waals surface area contributed by atoms with Gasteiger partial charge in [-0.05, 0) is 70.4 Å². The maximum absolute atomic E-state index is 3.74. The van der Waals surface area contributed by atoms with Crippen LogP contribution in [0.1, 0.15) is 72.6 Å². The van der Waals surface area contributed by atoms with Gasteiger partial charge in [0.2, 0.25) is 0 Å². The molecule has 0 bridgehead atoms. The van der Waals surface area contributed by atoms with Crippen molar-refractivity contribution < 1.29 is 0 Å². The van der Waals surface area contributed by atoms with E-state index in [9.17, 15) is 0 Å². The number of nitrogens with one attached hydrogen (secondary N) is 1. The van der Waals surface area contributed by atoms with Crippen molar-refractivity contribution in [2.75, 3.05) is 26.2 Å². The quantitative estimate of drug-likeness (QED) is 0.738. The Balaban J connectivity index is 2.01. The van der Waals surface area contributed by atoms with Crippen LogP contribution in [0.4, 0.5) is 0 Å². The predicted octanol–water partition coefficient (Wildman–Crippen LogP) is 4.06. The summed E-state index contributed by atoms with van der Waals surface area (Å²) in [4.78, 5) is 2.79. The van der Waals surface area contributed by atoms with Crippen molar-refractivity contribution in [1.29, 1.82) is 0 Å². The maximum atomic E-state index is 3.74. The van der Waals surface area contributed by atoms with Crippen LogP contribution in [0.5, 0.6) is 0 Å². The lowest BCUT2D eigenvalue weighted by molar-refractivity contribution is 0.0501. The molecule has 2 nitrogen and oxygen atoms in total. The number of nitrogens with zero attached hydrogens (tertiary/aromatic N) is 1. The molecule has 2 fully saturated rings. The molecule has 0 radical (unpaired) electrons. The topological polar surface area (TPSA) is 15.3 Å². The van der Waals surface area contributed by atoms with Crippen molar-refractivity contribution in [3.8, 4) is 0 Å². The van der Waals surface area contributed by atoms with Crippen LogP contribution in [0.3, 0.4) is 0 Å². The van der Waals surface area contributed by atoms with E-state index in [-0.39, 0.29) is 0 Å². The van der Waals surface area contributed by atoms with Crippen LogP contribution in [-0.4, -0.2) is 36.6 Å². The molecule has 1 aliphatic carbocycles. The van der Waals surface area contributed by atoms with Crippen LogP contribution in [0.2, 0.25) is 0 Å². The first kappa shape index (κ1) is 16.3. The summed E-state index contributed by atoms with van der Waals surface area (Å²) >= 11 is 0. The van der Waals surface area contributed by atoms with Crippen molar-refractivity contribution in [3.05, 3.63) is 0 Å². The summed E-state index contributed by atoms with van der Waals surface area (Å²) < 4.78 is 0. The molecule has 2 aliphatic rings. The summed E-state index contributed by atoms with van der Waals surface area (Å²) in [5, 5.41) is 3.74. The van der Waals surface area contributed by atoms with Gasteiger partial charge >= 0.3 is 0 Å². The third kappa shape index (κ3) is 3.98. The van der Waals surface area contributed by atoms with Crippen LogP contribution >= 0.6 is 0 Å². The molecular weight excluding hydrogens is 244 g/mol. The summed E-state index contributed by atoms with van der Waals surface area (Å²) in [5.41, 5.74) is 0.965. The Hall–Kier alpha value is -0.0800. The van der Waals surface area contributed by atoms with Gasteiger partial charge in [-0.1, -0.05) is 26.7 Å². The molecule has 1 saturated heterocycles. The Kier molecular flexibility index (Phi) is 5.53. The summed E-state index contributed by atoms with van der Waals surface area (Å²) in [7, 11) is 0. The average molecular weight is 280 g/mol. The molecule has 1 N–H and O–H groups in total. The minimum atomic E-state index is 0.429. The summed E-state index contributed by atoms with van der Waals surface area (Å²) in [6, 6.07) is 0. The van der Waals surface area contributed by atoms with Gasteiger partial charge in [-0.25, -0.2) is 0 Å². The number of likely N-dealkylation sites (tertiary alicyclic amines) is 1. The number of rotatable bonds is 6. The second-order valence-corrected chi connectivity index (χ2v) is 8.22. The Bertz CT molecular complexity index is 300. The number of hydrogen-bond acceptors (Lipinski definition) is 2. The van der Waals surface area contributed by atoms with E-state index < -0.39 is 0 Å². The highest BCUT2D eigenvalue weighted by atomic mass is 15.2. The monoisotopic (exact) mass is 280 g/mol.